The maximum absolute atomic E-state index is 12.9. The average Bonchev–Trinajstić information content (AvgIpc) is 3.19. The molecule has 8 nitrogen and oxygen atoms in total. The lowest BCUT2D eigenvalue weighted by atomic mass is 10.2. The first-order valence-electron chi connectivity index (χ1n) is 8.47. The van der Waals surface area contributed by atoms with Crippen LogP contribution in [-0.2, 0) is 14.8 Å². The van der Waals surface area contributed by atoms with Crippen molar-refractivity contribution in [3.63, 3.8) is 0 Å². The van der Waals surface area contributed by atoms with E-state index in [0.717, 1.165) is 5.56 Å². The van der Waals surface area contributed by atoms with Gasteiger partial charge >= 0.3 is 0 Å². The molecule has 1 aliphatic heterocycles. The van der Waals surface area contributed by atoms with Crippen LogP contribution in [0.1, 0.15) is 17.6 Å². The second kappa shape index (κ2) is 7.18. The van der Waals surface area contributed by atoms with E-state index in [0.29, 0.717) is 11.5 Å². The zero-order valence-corrected chi connectivity index (χ0v) is 15.5. The largest absolute Gasteiger partial charge is 0.366 e. The Kier molecular flexibility index (Phi) is 4.73. The molecule has 140 valence electrons. The number of rotatable bonds is 4. The van der Waals surface area contributed by atoms with Crippen LogP contribution in [0.5, 0.6) is 0 Å². The van der Waals surface area contributed by atoms with E-state index in [-0.39, 0.29) is 30.5 Å². The van der Waals surface area contributed by atoms with Gasteiger partial charge in [0.25, 0.3) is 5.89 Å². The summed E-state index contributed by atoms with van der Waals surface area (Å²) in [6.45, 7) is 2.54. The molecule has 3 heterocycles. The second-order valence-corrected chi connectivity index (χ2v) is 8.14. The fourth-order valence-electron chi connectivity index (χ4n) is 2.82. The van der Waals surface area contributed by atoms with Crippen LogP contribution in [0, 0.1) is 6.92 Å². The maximum Gasteiger partial charge on any atom is 0.257 e. The molecule has 27 heavy (non-hydrogen) atoms. The van der Waals surface area contributed by atoms with Gasteiger partial charge in [-0.1, -0.05) is 28.9 Å². The summed E-state index contributed by atoms with van der Waals surface area (Å²) in [5.74, 6) is 0.576. The van der Waals surface area contributed by atoms with Crippen LogP contribution in [0.2, 0.25) is 0 Å². The monoisotopic (exact) mass is 386 g/mol. The summed E-state index contributed by atoms with van der Waals surface area (Å²) in [5, 5.41) is 3.92. The number of morpholine rings is 1. The van der Waals surface area contributed by atoms with Crippen LogP contribution in [0.3, 0.4) is 0 Å². The topological polar surface area (TPSA) is 98.4 Å². The molecule has 0 saturated carbocycles. The third kappa shape index (κ3) is 3.61. The minimum Gasteiger partial charge on any atom is -0.366 e. The van der Waals surface area contributed by atoms with Crippen LogP contribution in [-0.4, -0.2) is 47.5 Å². The molecule has 0 radical (unpaired) electrons. The van der Waals surface area contributed by atoms with Gasteiger partial charge < -0.3 is 9.26 Å². The van der Waals surface area contributed by atoms with Crippen molar-refractivity contribution in [2.45, 2.75) is 17.9 Å². The normalized spacial score (nSPS) is 18.5. The Hall–Kier alpha value is -2.62. The lowest BCUT2D eigenvalue weighted by molar-refractivity contribution is -0.0199. The van der Waals surface area contributed by atoms with Gasteiger partial charge in [-0.2, -0.15) is 9.29 Å². The molecule has 1 atom stereocenters. The van der Waals surface area contributed by atoms with Crippen LogP contribution < -0.4 is 0 Å². The van der Waals surface area contributed by atoms with E-state index < -0.39 is 16.1 Å². The Morgan fingerprint density at radius 2 is 1.96 bits per heavy atom. The molecular formula is C18H18N4O4S. The molecule has 1 unspecified atom stereocenters. The molecule has 1 fully saturated rings. The van der Waals surface area contributed by atoms with Gasteiger partial charge in [0.1, 0.15) is 5.69 Å². The summed E-state index contributed by atoms with van der Waals surface area (Å²) < 4.78 is 38.1. The van der Waals surface area contributed by atoms with Gasteiger partial charge in [0.2, 0.25) is 15.8 Å². The van der Waals surface area contributed by atoms with E-state index in [1.54, 1.807) is 42.6 Å². The summed E-state index contributed by atoms with van der Waals surface area (Å²) in [6, 6.07) is 12.2. The molecule has 0 N–H and O–H groups in total. The number of benzene rings is 1. The van der Waals surface area contributed by atoms with E-state index in [4.69, 9.17) is 9.26 Å². The Labute approximate surface area is 156 Å². The highest BCUT2D eigenvalue weighted by Crippen LogP contribution is 2.27. The molecule has 3 aromatic rings. The Balaban J connectivity index is 1.55. The maximum atomic E-state index is 12.9. The number of aromatic nitrogens is 3. The highest BCUT2D eigenvalue weighted by Gasteiger charge is 2.34. The SMILES string of the molecule is Cc1ccc(S(=O)(=O)N2CCOC(c3nc(-c4ccccn4)no3)C2)cc1. The van der Waals surface area contributed by atoms with Gasteiger partial charge in [0.15, 0.2) is 6.10 Å². The molecule has 0 bridgehead atoms. The summed E-state index contributed by atoms with van der Waals surface area (Å²) in [4.78, 5) is 8.75. The highest BCUT2D eigenvalue weighted by molar-refractivity contribution is 7.89. The Morgan fingerprint density at radius 1 is 1.15 bits per heavy atom. The lowest BCUT2D eigenvalue weighted by Crippen LogP contribution is -2.42. The predicted molar refractivity (Wildman–Crippen MR) is 96.2 cm³/mol. The standard InChI is InChI=1S/C18H18N4O4S/c1-13-5-7-14(8-6-13)27(23,24)22-10-11-25-16(12-22)18-20-17(21-26-18)15-4-2-3-9-19-15/h2-9,16H,10-12H2,1H3. The number of hydrogen-bond acceptors (Lipinski definition) is 7. The van der Waals surface area contributed by atoms with Crippen molar-refractivity contribution >= 4 is 10.0 Å². The third-order valence-electron chi connectivity index (χ3n) is 4.30. The van der Waals surface area contributed by atoms with Gasteiger partial charge in [0.05, 0.1) is 11.5 Å². The third-order valence-corrected chi connectivity index (χ3v) is 6.18. The van der Waals surface area contributed by atoms with E-state index in [1.807, 2.05) is 13.0 Å². The van der Waals surface area contributed by atoms with Crippen molar-refractivity contribution in [3.8, 4) is 11.5 Å². The molecular weight excluding hydrogens is 368 g/mol. The number of aryl methyl sites for hydroxylation is 1. The molecule has 1 aromatic carbocycles. The molecule has 2 aromatic heterocycles. The molecule has 9 heteroatoms. The summed E-state index contributed by atoms with van der Waals surface area (Å²) in [7, 11) is -3.61. The minimum absolute atomic E-state index is 0.111. The van der Waals surface area contributed by atoms with Crippen LogP contribution in [0.15, 0.2) is 58.1 Å². The Bertz CT molecular complexity index is 1020. The van der Waals surface area contributed by atoms with Crippen molar-refractivity contribution in [3.05, 3.63) is 60.1 Å². The number of ether oxygens (including phenoxy) is 1. The fraction of sp³-hybridized carbons (Fsp3) is 0.278. The van der Waals surface area contributed by atoms with Gasteiger partial charge in [-0.3, -0.25) is 4.98 Å². The molecule has 0 aliphatic carbocycles. The number of nitrogens with zero attached hydrogens (tertiary/aromatic N) is 4. The van der Waals surface area contributed by atoms with E-state index in [2.05, 4.69) is 15.1 Å². The van der Waals surface area contributed by atoms with Crippen LogP contribution >= 0.6 is 0 Å². The average molecular weight is 386 g/mol. The second-order valence-electron chi connectivity index (χ2n) is 6.21. The van der Waals surface area contributed by atoms with E-state index >= 15 is 0 Å². The van der Waals surface area contributed by atoms with Crippen molar-refractivity contribution < 1.29 is 17.7 Å². The van der Waals surface area contributed by atoms with Gasteiger partial charge in [-0.15, -0.1) is 0 Å². The minimum atomic E-state index is -3.61. The number of sulfonamides is 1. The first-order valence-corrected chi connectivity index (χ1v) is 9.91. The van der Waals surface area contributed by atoms with Crippen LogP contribution in [0.4, 0.5) is 0 Å². The predicted octanol–water partition coefficient (Wildman–Crippen LogP) is 2.20. The fourth-order valence-corrected chi connectivity index (χ4v) is 4.24. The summed E-state index contributed by atoms with van der Waals surface area (Å²) in [6.07, 6.45) is 1.02. The van der Waals surface area contributed by atoms with Crippen molar-refractivity contribution in [2.24, 2.45) is 0 Å². The Morgan fingerprint density at radius 3 is 2.70 bits per heavy atom. The highest BCUT2D eigenvalue weighted by atomic mass is 32.2. The molecule has 1 aliphatic rings. The number of pyridine rings is 1. The molecule has 4 rings (SSSR count). The first-order chi connectivity index (χ1) is 13.0. The zero-order chi connectivity index (χ0) is 18.9. The van der Waals surface area contributed by atoms with E-state index in [9.17, 15) is 8.42 Å². The zero-order valence-electron chi connectivity index (χ0n) is 14.6. The van der Waals surface area contributed by atoms with Crippen molar-refractivity contribution in [1.82, 2.24) is 19.4 Å². The van der Waals surface area contributed by atoms with Gasteiger partial charge in [-0.05, 0) is 31.2 Å². The molecule has 0 amide bonds. The van der Waals surface area contributed by atoms with Crippen molar-refractivity contribution in [2.75, 3.05) is 19.7 Å². The summed E-state index contributed by atoms with van der Waals surface area (Å²) in [5.41, 5.74) is 1.58. The van der Waals surface area contributed by atoms with Gasteiger partial charge in [-0.25, -0.2) is 8.42 Å². The summed E-state index contributed by atoms with van der Waals surface area (Å²) >= 11 is 0. The smallest absolute Gasteiger partial charge is 0.257 e. The number of hydrogen-bond donors (Lipinski definition) is 0. The van der Waals surface area contributed by atoms with Crippen LogP contribution in [0.25, 0.3) is 11.5 Å². The molecule has 1 saturated heterocycles. The lowest BCUT2D eigenvalue weighted by Gasteiger charge is -2.30. The van der Waals surface area contributed by atoms with Gasteiger partial charge in [0, 0.05) is 19.3 Å². The first kappa shape index (κ1) is 17.8. The van der Waals surface area contributed by atoms with Crippen molar-refractivity contribution in [1.29, 1.82) is 0 Å². The molecule has 0 spiro atoms. The van der Waals surface area contributed by atoms with E-state index in [1.165, 1.54) is 4.31 Å². The quantitative estimate of drug-likeness (QED) is 0.678.